The van der Waals surface area contributed by atoms with Gasteiger partial charge in [0.25, 0.3) is 0 Å². The van der Waals surface area contributed by atoms with Gasteiger partial charge in [-0.2, -0.15) is 17.6 Å². The molecule has 0 aromatic carbocycles. The first-order valence-corrected chi connectivity index (χ1v) is 9.33. The second kappa shape index (κ2) is 12.1. The normalized spacial score (nSPS) is 15.5. The molecule has 0 aliphatic heterocycles. The first-order chi connectivity index (χ1) is 11.1. The van der Waals surface area contributed by atoms with Gasteiger partial charge in [-0.05, 0) is 25.7 Å². The summed E-state index contributed by atoms with van der Waals surface area (Å²) in [7, 11) is 0. The second-order valence-electron chi connectivity index (χ2n) is 6.85. The molecule has 0 fully saturated rings. The monoisotopic (exact) mass is 358 g/mol. The molecule has 0 spiro atoms. The zero-order chi connectivity index (χ0) is 18.6. The van der Waals surface area contributed by atoms with Crippen molar-refractivity contribution in [1.29, 1.82) is 0 Å². The van der Waals surface area contributed by atoms with Gasteiger partial charge < -0.3 is 10.2 Å². The van der Waals surface area contributed by atoms with Crippen LogP contribution in [0.15, 0.2) is 0 Å². The third-order valence-corrected chi connectivity index (χ3v) is 4.61. The van der Waals surface area contributed by atoms with Crippen LogP contribution in [0.25, 0.3) is 0 Å². The van der Waals surface area contributed by atoms with E-state index in [1.807, 2.05) is 13.8 Å². The Hall–Kier alpha value is -0.360. The van der Waals surface area contributed by atoms with Gasteiger partial charge in [-0.1, -0.05) is 65.2 Å². The average Bonchev–Trinajstić information content (AvgIpc) is 2.45. The summed E-state index contributed by atoms with van der Waals surface area (Å²) in [5.74, 6) is -1.94. The molecule has 0 aliphatic carbocycles. The van der Waals surface area contributed by atoms with Gasteiger partial charge in [-0.25, -0.2) is 0 Å². The Labute approximate surface area is 143 Å². The lowest BCUT2D eigenvalue weighted by atomic mass is 9.93. The largest absolute Gasteiger partial charge is 0.356 e. The summed E-state index contributed by atoms with van der Waals surface area (Å²) in [6, 6.07) is 0. The number of alkyl halides is 4. The van der Waals surface area contributed by atoms with E-state index in [1.165, 1.54) is 0 Å². The number of unbranched alkanes of at least 4 members (excludes halogenated alkanes) is 5. The van der Waals surface area contributed by atoms with Crippen LogP contribution in [0.2, 0.25) is 0 Å². The third kappa shape index (κ3) is 11.2. The molecule has 2 unspecified atom stereocenters. The van der Waals surface area contributed by atoms with E-state index in [4.69, 9.17) is 10.2 Å². The van der Waals surface area contributed by atoms with Gasteiger partial charge in [0.05, 0.1) is 11.8 Å². The lowest BCUT2D eigenvalue weighted by Gasteiger charge is -2.21. The van der Waals surface area contributed by atoms with Gasteiger partial charge >= 0.3 is 12.2 Å². The van der Waals surface area contributed by atoms with E-state index < -0.39 is 24.1 Å². The van der Waals surface area contributed by atoms with E-state index in [1.54, 1.807) is 0 Å². The topological polar surface area (TPSA) is 40.5 Å². The van der Waals surface area contributed by atoms with E-state index in [9.17, 15) is 17.6 Å². The van der Waals surface area contributed by atoms with Gasteiger partial charge in [0.1, 0.15) is 0 Å². The molecule has 146 valence electrons. The third-order valence-electron chi connectivity index (χ3n) is 4.61. The SMILES string of the molecule is CCCC(CCCCCCCCC(CCC)C(O)(F)F)C(O)(F)F. The number of hydrogen-bond acceptors (Lipinski definition) is 2. The summed E-state index contributed by atoms with van der Waals surface area (Å²) in [6.07, 6.45) is -0.0237. The van der Waals surface area contributed by atoms with Crippen LogP contribution in [0.1, 0.15) is 90.9 Å². The molecule has 0 aromatic heterocycles. The van der Waals surface area contributed by atoms with Crippen molar-refractivity contribution in [3.8, 4) is 0 Å². The molecule has 0 aromatic rings. The van der Waals surface area contributed by atoms with Crippen molar-refractivity contribution in [2.75, 3.05) is 0 Å². The zero-order valence-corrected chi connectivity index (χ0v) is 15.0. The highest BCUT2D eigenvalue weighted by molar-refractivity contribution is 4.68. The van der Waals surface area contributed by atoms with Gasteiger partial charge in [0, 0.05) is 0 Å². The van der Waals surface area contributed by atoms with Gasteiger partial charge in [-0.3, -0.25) is 0 Å². The van der Waals surface area contributed by atoms with Crippen LogP contribution in [0.3, 0.4) is 0 Å². The second-order valence-corrected chi connectivity index (χ2v) is 6.85. The Morgan fingerprint density at radius 1 is 0.583 bits per heavy atom. The summed E-state index contributed by atoms with van der Waals surface area (Å²) < 4.78 is 51.8. The van der Waals surface area contributed by atoms with Crippen molar-refractivity contribution in [2.24, 2.45) is 11.8 Å². The number of rotatable bonds is 15. The predicted molar refractivity (Wildman–Crippen MR) is 88.1 cm³/mol. The number of aliphatic hydroxyl groups is 2. The van der Waals surface area contributed by atoms with Crippen molar-refractivity contribution < 1.29 is 27.8 Å². The van der Waals surface area contributed by atoms with Crippen molar-refractivity contribution in [2.45, 2.75) is 103 Å². The molecule has 0 saturated heterocycles. The van der Waals surface area contributed by atoms with Crippen LogP contribution in [0.4, 0.5) is 17.6 Å². The van der Waals surface area contributed by atoms with Gasteiger partial charge in [-0.15, -0.1) is 0 Å². The lowest BCUT2D eigenvalue weighted by molar-refractivity contribution is -0.241. The maximum atomic E-state index is 13.0. The fourth-order valence-corrected chi connectivity index (χ4v) is 3.17. The fourth-order valence-electron chi connectivity index (χ4n) is 3.17. The highest BCUT2D eigenvalue weighted by atomic mass is 19.3. The quantitative estimate of drug-likeness (QED) is 0.274. The highest BCUT2D eigenvalue weighted by Gasteiger charge is 2.36. The Morgan fingerprint density at radius 3 is 1.12 bits per heavy atom. The molecule has 0 aliphatic rings. The standard InChI is InChI=1S/C18H34F4O2/c1-3-11-15(17(19,20)23)13-9-7-5-6-8-10-14-16(12-4-2)18(21,22)24/h15-16,23-24H,3-14H2,1-2H3. The van der Waals surface area contributed by atoms with Crippen LogP contribution in [-0.4, -0.2) is 22.4 Å². The fraction of sp³-hybridized carbons (Fsp3) is 1.00. The minimum absolute atomic E-state index is 0.312. The van der Waals surface area contributed by atoms with Crippen LogP contribution in [0.5, 0.6) is 0 Å². The molecule has 6 heteroatoms. The van der Waals surface area contributed by atoms with E-state index in [0.29, 0.717) is 51.4 Å². The van der Waals surface area contributed by atoms with Crippen molar-refractivity contribution in [1.82, 2.24) is 0 Å². The minimum Gasteiger partial charge on any atom is -0.336 e. The van der Waals surface area contributed by atoms with Crippen molar-refractivity contribution in [3.63, 3.8) is 0 Å². The number of halogens is 4. The summed E-state index contributed by atoms with van der Waals surface area (Å²) in [6.45, 7) is 3.64. The molecule has 0 amide bonds. The average molecular weight is 358 g/mol. The van der Waals surface area contributed by atoms with E-state index in [-0.39, 0.29) is 0 Å². The molecular weight excluding hydrogens is 324 g/mol. The molecule has 2 nitrogen and oxygen atoms in total. The van der Waals surface area contributed by atoms with E-state index in [2.05, 4.69) is 0 Å². The smallest absolute Gasteiger partial charge is 0.336 e. The zero-order valence-electron chi connectivity index (χ0n) is 15.0. The van der Waals surface area contributed by atoms with Gasteiger partial charge in [0.15, 0.2) is 0 Å². The van der Waals surface area contributed by atoms with E-state index >= 15 is 0 Å². The Kier molecular flexibility index (Phi) is 11.9. The molecule has 0 rings (SSSR count). The van der Waals surface area contributed by atoms with Crippen LogP contribution >= 0.6 is 0 Å². The minimum atomic E-state index is -3.60. The summed E-state index contributed by atoms with van der Waals surface area (Å²) in [5.41, 5.74) is 0. The van der Waals surface area contributed by atoms with Crippen LogP contribution in [0, 0.1) is 11.8 Å². The van der Waals surface area contributed by atoms with E-state index in [0.717, 1.165) is 25.7 Å². The van der Waals surface area contributed by atoms with Crippen LogP contribution < -0.4 is 0 Å². The summed E-state index contributed by atoms with van der Waals surface area (Å²) in [4.78, 5) is 0. The highest BCUT2D eigenvalue weighted by Crippen LogP contribution is 2.31. The van der Waals surface area contributed by atoms with Crippen molar-refractivity contribution in [3.05, 3.63) is 0 Å². The lowest BCUT2D eigenvalue weighted by Crippen LogP contribution is -2.27. The first kappa shape index (κ1) is 23.6. The molecular formula is C18H34F4O2. The molecule has 0 bridgehead atoms. The molecule has 24 heavy (non-hydrogen) atoms. The maximum Gasteiger partial charge on any atom is 0.356 e. The molecule has 2 N–H and O–H groups in total. The number of hydrogen-bond donors (Lipinski definition) is 2. The molecule has 0 heterocycles. The molecule has 2 atom stereocenters. The maximum absolute atomic E-state index is 13.0. The Morgan fingerprint density at radius 2 is 0.875 bits per heavy atom. The Balaban J connectivity index is 3.76. The Bertz CT molecular complexity index is 270. The summed E-state index contributed by atoms with van der Waals surface area (Å²) in [5, 5.41) is 17.7. The molecule has 0 radical (unpaired) electrons. The first-order valence-electron chi connectivity index (χ1n) is 9.33. The predicted octanol–water partition coefficient (Wildman–Crippen LogP) is 6.11. The summed E-state index contributed by atoms with van der Waals surface area (Å²) >= 11 is 0. The van der Waals surface area contributed by atoms with Crippen LogP contribution in [-0.2, 0) is 0 Å². The van der Waals surface area contributed by atoms with Gasteiger partial charge in [0.2, 0.25) is 0 Å². The van der Waals surface area contributed by atoms with Crippen molar-refractivity contribution >= 4 is 0 Å². The molecule has 0 saturated carbocycles.